The summed E-state index contributed by atoms with van der Waals surface area (Å²) in [5, 5.41) is 138. The lowest BCUT2D eigenvalue weighted by molar-refractivity contribution is -0.357. The second-order valence-electron chi connectivity index (χ2n) is 17.6. The van der Waals surface area contributed by atoms with Crippen molar-refractivity contribution in [3.8, 4) is 45.8 Å². The van der Waals surface area contributed by atoms with Crippen LogP contribution in [0.1, 0.15) is 21.5 Å². The summed E-state index contributed by atoms with van der Waals surface area (Å²) >= 11 is 0. The van der Waals surface area contributed by atoms with Gasteiger partial charge in [0.05, 0.1) is 23.8 Å². The molecular formula is C50H53O24+. The van der Waals surface area contributed by atoms with E-state index in [4.69, 9.17) is 42.3 Å². The molecule has 13 N–H and O–H groups in total. The number of fused-ring (bicyclic) bond motifs is 1. The van der Waals surface area contributed by atoms with Crippen LogP contribution >= 0.6 is 0 Å². The average molecular weight is 1040 g/mol. The van der Waals surface area contributed by atoms with Gasteiger partial charge in [0.1, 0.15) is 103 Å². The highest BCUT2D eigenvalue weighted by molar-refractivity contribution is 5.90. The first kappa shape index (κ1) is 53.5. The van der Waals surface area contributed by atoms with E-state index in [1.807, 2.05) is 0 Å². The van der Waals surface area contributed by atoms with Crippen LogP contribution in [0.25, 0.3) is 28.4 Å². The third-order valence-electron chi connectivity index (χ3n) is 12.3. The molecule has 1 aromatic heterocycles. The summed E-state index contributed by atoms with van der Waals surface area (Å²) in [6.07, 6.45) is -25.7. The predicted molar refractivity (Wildman–Crippen MR) is 248 cm³/mol. The van der Waals surface area contributed by atoms with Crippen LogP contribution in [0.5, 0.6) is 34.5 Å². The summed E-state index contributed by atoms with van der Waals surface area (Å²) in [6.45, 7) is -0.454. The van der Waals surface area contributed by atoms with Crippen LogP contribution in [-0.4, -0.2) is 190 Å². The van der Waals surface area contributed by atoms with Crippen LogP contribution < -0.4 is 9.47 Å². The number of hydrogen-bond donors (Lipinski definition) is 13. The van der Waals surface area contributed by atoms with Gasteiger partial charge in [-0.2, -0.15) is 0 Å². The molecule has 0 aliphatic carbocycles. The minimum absolute atomic E-state index is 0.0588. The predicted octanol–water partition coefficient (Wildman–Crippen LogP) is -0.178. The Bertz CT molecular complexity index is 2790. The number of ether oxygens (including phenoxy) is 8. The van der Waals surface area contributed by atoms with Gasteiger partial charge >= 0.3 is 23.3 Å². The van der Waals surface area contributed by atoms with Gasteiger partial charge in [-0.05, 0) is 67.1 Å². The number of aliphatic hydroxyl groups is 9. The van der Waals surface area contributed by atoms with Crippen LogP contribution in [-0.2, 0) is 33.2 Å². The zero-order chi connectivity index (χ0) is 53.1. The Morgan fingerprint density at radius 3 is 1.88 bits per heavy atom. The van der Waals surface area contributed by atoms with Crippen molar-refractivity contribution in [3.05, 3.63) is 108 Å². The molecular weight excluding hydrogens is 985 g/mol. The molecule has 0 spiro atoms. The Labute approximate surface area is 418 Å². The van der Waals surface area contributed by atoms with E-state index in [1.54, 1.807) is 19.1 Å². The standard InChI is InChI=1S/C50H52O24/c1-21-2-6-24(7-3-21)47(65)67-20-35-38(58)41(61)44(64)49(72-35)74-46-42(62)39(59)34(19-66-36(56)13-5-22-4-12-28(54)29(55)14-22)73-50(46)70-32-17-27-30(68-45(32)23-8-10-25(52)11-9-23)15-26(53)16-31(27)69-48-43(63)40(60)37(57)33(18-51)71-48/h2-17,33-35,37-44,46,48-51,57-64H,18-20H2,1H3,(H3-,52,53,54,55,56)/p+1. The van der Waals surface area contributed by atoms with Crippen molar-refractivity contribution in [1.82, 2.24) is 0 Å². The van der Waals surface area contributed by atoms with Gasteiger partial charge in [0.25, 0.3) is 0 Å². The Balaban J connectivity index is 1.14. The van der Waals surface area contributed by atoms with Crippen LogP contribution in [0.15, 0.2) is 95.4 Å². The molecule has 3 fully saturated rings. The summed E-state index contributed by atoms with van der Waals surface area (Å²) in [7, 11) is 0. The molecule has 5 aromatic rings. The molecule has 0 bridgehead atoms. The number of aliphatic hydroxyl groups excluding tert-OH is 9. The van der Waals surface area contributed by atoms with Gasteiger partial charge in [-0.1, -0.05) is 23.8 Å². The fourth-order valence-corrected chi connectivity index (χ4v) is 8.14. The molecule has 0 radical (unpaired) electrons. The van der Waals surface area contributed by atoms with Crippen LogP contribution in [0, 0.1) is 6.92 Å². The smallest absolute Gasteiger partial charge is 0.402 e. The number of phenols is 4. The van der Waals surface area contributed by atoms with E-state index >= 15 is 0 Å². The van der Waals surface area contributed by atoms with Crippen molar-refractivity contribution in [2.24, 2.45) is 0 Å². The Morgan fingerprint density at radius 2 is 1.20 bits per heavy atom. The number of aryl methyl sites for hydroxylation is 1. The molecule has 0 amide bonds. The molecule has 3 saturated heterocycles. The maximum absolute atomic E-state index is 12.9. The van der Waals surface area contributed by atoms with Crippen molar-refractivity contribution in [1.29, 1.82) is 0 Å². The third kappa shape index (κ3) is 11.8. The van der Waals surface area contributed by atoms with E-state index in [0.29, 0.717) is 0 Å². The summed E-state index contributed by atoms with van der Waals surface area (Å²) in [5.74, 6) is -4.13. The number of benzene rings is 4. The van der Waals surface area contributed by atoms with E-state index < -0.39 is 141 Å². The van der Waals surface area contributed by atoms with E-state index in [9.17, 15) is 76.0 Å². The van der Waals surface area contributed by atoms with Gasteiger partial charge in [-0.15, -0.1) is 0 Å². The number of phenolic OH excluding ortho intramolecular Hbond substituents is 4. The number of esters is 2. The van der Waals surface area contributed by atoms with Gasteiger partial charge in [0.2, 0.25) is 18.3 Å². The molecule has 74 heavy (non-hydrogen) atoms. The summed E-state index contributed by atoms with van der Waals surface area (Å²) in [5.41, 5.74) is 1.36. The molecule has 3 aliphatic rings. The quantitative estimate of drug-likeness (QED) is 0.0280. The molecule has 24 heteroatoms. The van der Waals surface area contributed by atoms with Gasteiger partial charge in [0.15, 0.2) is 23.9 Å². The van der Waals surface area contributed by atoms with Crippen LogP contribution in [0.3, 0.4) is 0 Å². The van der Waals surface area contributed by atoms with E-state index in [1.165, 1.54) is 60.7 Å². The highest BCUT2D eigenvalue weighted by atomic mass is 16.8. The van der Waals surface area contributed by atoms with Crippen LogP contribution in [0.4, 0.5) is 0 Å². The fourth-order valence-electron chi connectivity index (χ4n) is 8.14. The normalized spacial score (nSPS) is 30.2. The average Bonchev–Trinajstić information content (AvgIpc) is 3.38. The fraction of sp³-hybridized carbons (Fsp3) is 0.380. The topological polar surface area (TPSA) is 382 Å². The Hall–Kier alpha value is -6.75. The lowest BCUT2D eigenvalue weighted by Gasteiger charge is -2.45. The lowest BCUT2D eigenvalue weighted by atomic mass is 9.97. The molecule has 3 aliphatic heterocycles. The first-order valence-electron chi connectivity index (χ1n) is 22.8. The minimum Gasteiger partial charge on any atom is -0.508 e. The number of rotatable bonds is 15. The van der Waals surface area contributed by atoms with Gasteiger partial charge in [0, 0.05) is 18.2 Å². The molecule has 15 atom stereocenters. The number of carbonyl (C=O) groups excluding carboxylic acids is 2. The minimum atomic E-state index is -2.11. The first-order chi connectivity index (χ1) is 35.3. The van der Waals surface area contributed by atoms with Crippen molar-refractivity contribution in [2.75, 3.05) is 19.8 Å². The molecule has 4 aromatic carbocycles. The van der Waals surface area contributed by atoms with Crippen LogP contribution in [0.2, 0.25) is 0 Å². The summed E-state index contributed by atoms with van der Waals surface area (Å²) < 4.78 is 52.9. The van der Waals surface area contributed by atoms with E-state index in [2.05, 4.69) is 0 Å². The molecule has 4 heterocycles. The second kappa shape index (κ2) is 22.8. The van der Waals surface area contributed by atoms with Crippen molar-refractivity contribution >= 4 is 29.0 Å². The SMILES string of the molecule is Cc1ccc(C(=O)OCC2OC(OC3C(Oc4cc5c(OC6OC(CO)C(O)C(O)C6O)cc(O)cc5[o+]c4-c4ccc(O)cc4)OC(COC(=O)/C=C/c4ccc(O)c(O)c4)C(O)C3O)C(O)C(O)C2O)cc1. The summed E-state index contributed by atoms with van der Waals surface area (Å²) in [4.78, 5) is 25.8. The van der Waals surface area contributed by atoms with Crippen molar-refractivity contribution in [3.63, 3.8) is 0 Å². The monoisotopic (exact) mass is 1040 g/mol. The number of hydrogen-bond acceptors (Lipinski definition) is 23. The molecule has 0 saturated carbocycles. The third-order valence-corrected chi connectivity index (χ3v) is 12.3. The second-order valence-corrected chi connectivity index (χ2v) is 17.6. The highest BCUT2D eigenvalue weighted by Crippen LogP contribution is 2.43. The Kier molecular flexibility index (Phi) is 16.5. The number of aromatic hydroxyl groups is 4. The van der Waals surface area contributed by atoms with Gasteiger partial charge in [-0.3, -0.25) is 0 Å². The largest absolute Gasteiger partial charge is 0.508 e. The van der Waals surface area contributed by atoms with E-state index in [-0.39, 0.29) is 50.7 Å². The zero-order valence-corrected chi connectivity index (χ0v) is 38.8. The molecule has 396 valence electrons. The summed E-state index contributed by atoms with van der Waals surface area (Å²) in [6, 6.07) is 18.9. The lowest BCUT2D eigenvalue weighted by Crippen LogP contribution is -2.65. The molecule has 24 nitrogen and oxygen atoms in total. The molecule has 15 unspecified atom stereocenters. The number of carbonyl (C=O) groups is 2. The maximum atomic E-state index is 12.9. The Morgan fingerprint density at radius 1 is 0.595 bits per heavy atom. The maximum Gasteiger partial charge on any atom is 0.402 e. The highest BCUT2D eigenvalue weighted by Gasteiger charge is 2.53. The van der Waals surface area contributed by atoms with E-state index in [0.717, 1.165) is 29.8 Å². The zero-order valence-electron chi connectivity index (χ0n) is 38.8. The van der Waals surface area contributed by atoms with Crippen molar-refractivity contribution in [2.45, 2.75) is 99.0 Å². The first-order valence-corrected chi connectivity index (χ1v) is 22.8. The van der Waals surface area contributed by atoms with Gasteiger partial charge in [-0.25, -0.2) is 14.0 Å². The van der Waals surface area contributed by atoms with Gasteiger partial charge < -0.3 is 104 Å². The van der Waals surface area contributed by atoms with Crippen molar-refractivity contribution < 1.29 is 118 Å². The molecule has 8 rings (SSSR count).